The molecule has 0 atom stereocenters. The third-order valence-corrected chi connectivity index (χ3v) is 6.53. The molecule has 0 saturated carbocycles. The van der Waals surface area contributed by atoms with E-state index in [0.29, 0.717) is 0 Å². The summed E-state index contributed by atoms with van der Waals surface area (Å²) in [6.07, 6.45) is 7.52. The Labute approximate surface area is 180 Å². The highest BCUT2D eigenvalue weighted by Gasteiger charge is 2.19. The molecule has 2 aromatic carbocycles. The highest BCUT2D eigenvalue weighted by atomic mass is 32.1. The molecule has 5 nitrogen and oxygen atoms in total. The highest BCUT2D eigenvalue weighted by Crippen LogP contribution is 2.30. The lowest BCUT2D eigenvalue weighted by Gasteiger charge is -2.28. The zero-order valence-electron chi connectivity index (χ0n) is 16.9. The fourth-order valence-corrected chi connectivity index (χ4v) is 4.79. The monoisotopic (exact) mass is 413 g/mol. The number of nitrogens with one attached hydrogen (secondary N) is 1. The standard InChI is InChI=1S/C24H23N5S/c1-25-21-8-7-18-9-12-29(16-20(18)14-21)24-28-15-22(30-24)13-17-3-5-19(6-4-17)23-26-10-2-11-27-23/h2-8,10-11,14-15,25H,9,12-13,16H2,1H3. The van der Waals surface area contributed by atoms with Crippen LogP contribution in [0.5, 0.6) is 0 Å². The molecule has 0 spiro atoms. The van der Waals surface area contributed by atoms with Crippen molar-refractivity contribution in [3.05, 3.63) is 88.7 Å². The van der Waals surface area contributed by atoms with Gasteiger partial charge in [-0.1, -0.05) is 30.3 Å². The van der Waals surface area contributed by atoms with Gasteiger partial charge in [-0.2, -0.15) is 0 Å². The van der Waals surface area contributed by atoms with E-state index in [-0.39, 0.29) is 0 Å². The van der Waals surface area contributed by atoms with Gasteiger partial charge in [-0.25, -0.2) is 15.0 Å². The van der Waals surface area contributed by atoms with E-state index in [2.05, 4.69) is 62.6 Å². The number of rotatable bonds is 5. The van der Waals surface area contributed by atoms with Crippen LogP contribution in [-0.2, 0) is 19.4 Å². The van der Waals surface area contributed by atoms with Crippen LogP contribution in [0.4, 0.5) is 10.8 Å². The number of nitrogens with zero attached hydrogens (tertiary/aromatic N) is 4. The van der Waals surface area contributed by atoms with Crippen LogP contribution in [-0.4, -0.2) is 28.5 Å². The largest absolute Gasteiger partial charge is 0.388 e. The van der Waals surface area contributed by atoms with E-state index in [1.807, 2.05) is 19.3 Å². The van der Waals surface area contributed by atoms with Gasteiger partial charge in [0.05, 0.1) is 0 Å². The van der Waals surface area contributed by atoms with E-state index in [1.165, 1.54) is 27.3 Å². The second-order valence-corrected chi connectivity index (χ2v) is 8.55. The lowest BCUT2D eigenvalue weighted by atomic mass is 9.99. The summed E-state index contributed by atoms with van der Waals surface area (Å²) in [6.45, 7) is 1.94. The molecule has 2 aromatic heterocycles. The van der Waals surface area contributed by atoms with Crippen molar-refractivity contribution in [2.75, 3.05) is 23.8 Å². The molecule has 1 aliphatic heterocycles. The molecule has 0 unspecified atom stereocenters. The van der Waals surface area contributed by atoms with Gasteiger partial charge in [0.25, 0.3) is 0 Å². The third kappa shape index (κ3) is 3.91. The highest BCUT2D eigenvalue weighted by molar-refractivity contribution is 7.15. The third-order valence-electron chi connectivity index (χ3n) is 5.48. The SMILES string of the molecule is CNc1ccc2c(c1)CN(c1ncc(Cc3ccc(-c4ncccn4)cc3)s1)CC2. The first-order valence-corrected chi connectivity index (χ1v) is 11.0. The summed E-state index contributed by atoms with van der Waals surface area (Å²) in [6, 6.07) is 17.0. The number of hydrogen-bond acceptors (Lipinski definition) is 6. The topological polar surface area (TPSA) is 53.9 Å². The van der Waals surface area contributed by atoms with Crippen molar-refractivity contribution in [2.45, 2.75) is 19.4 Å². The average Bonchev–Trinajstić information content (AvgIpc) is 3.28. The van der Waals surface area contributed by atoms with Gasteiger partial charge in [-0.3, -0.25) is 0 Å². The summed E-state index contributed by atoms with van der Waals surface area (Å²) in [5, 5.41) is 4.35. The molecule has 150 valence electrons. The van der Waals surface area contributed by atoms with Crippen molar-refractivity contribution in [3.8, 4) is 11.4 Å². The summed E-state index contributed by atoms with van der Waals surface area (Å²) < 4.78 is 0. The van der Waals surface area contributed by atoms with E-state index >= 15 is 0 Å². The predicted octanol–water partition coefficient (Wildman–Crippen LogP) is 4.80. The Morgan fingerprint density at radius 1 is 1.00 bits per heavy atom. The average molecular weight is 414 g/mol. The van der Waals surface area contributed by atoms with Crippen LogP contribution in [0, 0.1) is 0 Å². The molecule has 0 saturated heterocycles. The molecule has 0 aliphatic carbocycles. The van der Waals surface area contributed by atoms with Crippen molar-refractivity contribution in [2.24, 2.45) is 0 Å². The number of hydrogen-bond donors (Lipinski definition) is 1. The van der Waals surface area contributed by atoms with E-state index in [4.69, 9.17) is 4.98 Å². The molecular formula is C24H23N5S. The molecule has 0 fully saturated rings. The van der Waals surface area contributed by atoms with Gasteiger partial charge in [-0.05, 0) is 41.3 Å². The van der Waals surface area contributed by atoms with Gasteiger partial charge in [-0.15, -0.1) is 11.3 Å². The number of thiazole rings is 1. The van der Waals surface area contributed by atoms with E-state index in [0.717, 1.165) is 42.5 Å². The maximum Gasteiger partial charge on any atom is 0.185 e. The number of aromatic nitrogens is 3. The minimum absolute atomic E-state index is 0.760. The van der Waals surface area contributed by atoms with E-state index in [1.54, 1.807) is 23.7 Å². The summed E-state index contributed by atoms with van der Waals surface area (Å²) in [5.41, 5.74) is 6.32. The predicted molar refractivity (Wildman–Crippen MR) is 123 cm³/mol. The van der Waals surface area contributed by atoms with Crippen LogP contribution in [0.3, 0.4) is 0 Å². The minimum Gasteiger partial charge on any atom is -0.388 e. The van der Waals surface area contributed by atoms with Gasteiger partial charge in [0.1, 0.15) is 0 Å². The van der Waals surface area contributed by atoms with Crippen molar-refractivity contribution >= 4 is 22.2 Å². The lowest BCUT2D eigenvalue weighted by Crippen LogP contribution is -2.30. The van der Waals surface area contributed by atoms with Crippen LogP contribution in [0.25, 0.3) is 11.4 Å². The maximum atomic E-state index is 4.73. The molecule has 6 heteroatoms. The van der Waals surface area contributed by atoms with Crippen molar-refractivity contribution in [1.82, 2.24) is 15.0 Å². The van der Waals surface area contributed by atoms with Gasteiger partial charge < -0.3 is 10.2 Å². The fourth-order valence-electron chi connectivity index (χ4n) is 3.82. The molecule has 0 amide bonds. The quantitative estimate of drug-likeness (QED) is 0.510. The summed E-state index contributed by atoms with van der Waals surface area (Å²) >= 11 is 1.79. The van der Waals surface area contributed by atoms with Gasteiger partial charge in [0.15, 0.2) is 11.0 Å². The molecule has 4 aromatic rings. The second-order valence-electron chi connectivity index (χ2n) is 7.46. The fraction of sp³-hybridized carbons (Fsp3) is 0.208. The van der Waals surface area contributed by atoms with E-state index < -0.39 is 0 Å². The van der Waals surface area contributed by atoms with E-state index in [9.17, 15) is 0 Å². The van der Waals surface area contributed by atoms with Crippen LogP contribution in [0.2, 0.25) is 0 Å². The first-order valence-electron chi connectivity index (χ1n) is 10.1. The van der Waals surface area contributed by atoms with Crippen molar-refractivity contribution in [3.63, 3.8) is 0 Å². The molecule has 1 aliphatic rings. The Hall–Kier alpha value is -3.25. The van der Waals surface area contributed by atoms with Crippen LogP contribution in [0.1, 0.15) is 21.6 Å². The summed E-state index contributed by atoms with van der Waals surface area (Å²) in [4.78, 5) is 17.0. The van der Waals surface area contributed by atoms with Gasteiger partial charge >= 0.3 is 0 Å². The second kappa shape index (κ2) is 8.24. The first kappa shape index (κ1) is 18.8. The van der Waals surface area contributed by atoms with Gasteiger partial charge in [0.2, 0.25) is 0 Å². The number of anilines is 2. The lowest BCUT2D eigenvalue weighted by molar-refractivity contribution is 0.729. The molecule has 1 N–H and O–H groups in total. The normalized spacial score (nSPS) is 13.2. The number of benzene rings is 2. The summed E-state index contributed by atoms with van der Waals surface area (Å²) in [5.74, 6) is 0.760. The zero-order valence-corrected chi connectivity index (χ0v) is 17.7. The van der Waals surface area contributed by atoms with Crippen molar-refractivity contribution in [1.29, 1.82) is 0 Å². The van der Waals surface area contributed by atoms with Crippen LogP contribution in [0.15, 0.2) is 67.1 Å². The first-order chi connectivity index (χ1) is 14.8. The van der Waals surface area contributed by atoms with Crippen molar-refractivity contribution < 1.29 is 0 Å². The molecule has 5 rings (SSSR count). The van der Waals surface area contributed by atoms with Crippen LogP contribution < -0.4 is 10.2 Å². The molecule has 3 heterocycles. The Morgan fingerprint density at radius 3 is 2.63 bits per heavy atom. The summed E-state index contributed by atoms with van der Waals surface area (Å²) in [7, 11) is 1.97. The number of fused-ring (bicyclic) bond motifs is 1. The molecular weight excluding hydrogens is 390 g/mol. The Bertz CT molecular complexity index is 1140. The minimum atomic E-state index is 0.760. The van der Waals surface area contributed by atoms with Gasteiger partial charge in [0, 0.05) is 61.3 Å². The Kier molecular flexibility index (Phi) is 5.15. The smallest absolute Gasteiger partial charge is 0.185 e. The molecule has 0 radical (unpaired) electrons. The Balaban J connectivity index is 1.28. The Morgan fingerprint density at radius 2 is 1.83 bits per heavy atom. The maximum absolute atomic E-state index is 4.73. The molecule has 0 bridgehead atoms. The van der Waals surface area contributed by atoms with Crippen LogP contribution >= 0.6 is 11.3 Å². The zero-order chi connectivity index (χ0) is 20.3. The molecule has 30 heavy (non-hydrogen) atoms.